The number of hydrogen-bond donors (Lipinski definition) is 1. The van der Waals surface area contributed by atoms with E-state index < -0.39 is 0 Å². The Kier molecular flexibility index (Phi) is 4.13. The quantitative estimate of drug-likeness (QED) is 0.880. The Labute approximate surface area is 119 Å². The van der Waals surface area contributed by atoms with Crippen molar-refractivity contribution in [1.82, 2.24) is 5.32 Å². The molecule has 1 fully saturated rings. The van der Waals surface area contributed by atoms with Gasteiger partial charge >= 0.3 is 0 Å². The molecule has 104 valence electrons. The van der Waals surface area contributed by atoms with Gasteiger partial charge in [0.2, 0.25) is 0 Å². The van der Waals surface area contributed by atoms with E-state index in [1.807, 2.05) is 6.07 Å². The summed E-state index contributed by atoms with van der Waals surface area (Å²) in [5.74, 6) is 2.62. The van der Waals surface area contributed by atoms with Gasteiger partial charge < -0.3 is 5.32 Å². The highest BCUT2D eigenvalue weighted by Crippen LogP contribution is 2.38. The third-order valence-corrected chi connectivity index (χ3v) is 5.85. The van der Waals surface area contributed by atoms with Crippen LogP contribution in [0.2, 0.25) is 0 Å². The highest BCUT2D eigenvalue weighted by Gasteiger charge is 2.26. The van der Waals surface area contributed by atoms with E-state index in [9.17, 15) is 4.39 Å². The van der Waals surface area contributed by atoms with Gasteiger partial charge in [-0.25, -0.2) is 4.39 Å². The van der Waals surface area contributed by atoms with Crippen LogP contribution in [0, 0.1) is 17.7 Å². The van der Waals surface area contributed by atoms with Crippen LogP contribution in [0.4, 0.5) is 4.39 Å². The van der Waals surface area contributed by atoms with Gasteiger partial charge in [-0.1, -0.05) is 31.9 Å². The lowest BCUT2D eigenvalue weighted by Crippen LogP contribution is -2.30. The van der Waals surface area contributed by atoms with Crippen LogP contribution in [0.5, 0.6) is 0 Å². The molecule has 1 aromatic rings. The Morgan fingerprint density at radius 3 is 3.00 bits per heavy atom. The van der Waals surface area contributed by atoms with Crippen molar-refractivity contribution >= 4 is 11.8 Å². The van der Waals surface area contributed by atoms with Crippen molar-refractivity contribution in [1.29, 1.82) is 0 Å². The van der Waals surface area contributed by atoms with Gasteiger partial charge in [-0.05, 0) is 48.6 Å². The standard InChI is InChI=1S/C16H22FNS/c1-11-4-2-5-12(11)10-18-15-8-9-19-16-13(15)6-3-7-14(16)17/h3,6-7,11-12,15,18H,2,4-5,8-10H2,1H3. The van der Waals surface area contributed by atoms with E-state index in [4.69, 9.17) is 0 Å². The molecular formula is C16H22FNS. The first kappa shape index (κ1) is 13.4. The summed E-state index contributed by atoms with van der Waals surface area (Å²) in [6.45, 7) is 3.45. The van der Waals surface area contributed by atoms with E-state index in [2.05, 4.69) is 18.3 Å². The molecule has 1 N–H and O–H groups in total. The second kappa shape index (κ2) is 5.84. The molecule has 1 aromatic carbocycles. The maximum absolute atomic E-state index is 13.8. The molecular weight excluding hydrogens is 257 g/mol. The molecule has 1 heterocycles. The summed E-state index contributed by atoms with van der Waals surface area (Å²) in [7, 11) is 0. The first-order valence-corrected chi connectivity index (χ1v) is 8.39. The summed E-state index contributed by atoms with van der Waals surface area (Å²) in [4.78, 5) is 0.866. The molecule has 0 saturated heterocycles. The molecule has 0 radical (unpaired) electrons. The summed E-state index contributed by atoms with van der Waals surface area (Å²) >= 11 is 1.66. The van der Waals surface area contributed by atoms with E-state index in [1.54, 1.807) is 17.8 Å². The van der Waals surface area contributed by atoms with Crippen LogP contribution < -0.4 is 5.32 Å². The molecule has 1 aliphatic heterocycles. The minimum atomic E-state index is -0.0526. The van der Waals surface area contributed by atoms with Crippen LogP contribution in [-0.4, -0.2) is 12.3 Å². The molecule has 2 aliphatic rings. The number of hydrogen-bond acceptors (Lipinski definition) is 2. The minimum Gasteiger partial charge on any atom is -0.310 e. The largest absolute Gasteiger partial charge is 0.310 e. The van der Waals surface area contributed by atoms with Gasteiger partial charge in [0, 0.05) is 10.9 Å². The third kappa shape index (κ3) is 2.82. The fourth-order valence-corrected chi connectivity index (χ4v) is 4.56. The van der Waals surface area contributed by atoms with Crippen LogP contribution in [0.3, 0.4) is 0 Å². The van der Waals surface area contributed by atoms with Crippen molar-refractivity contribution in [2.24, 2.45) is 11.8 Å². The van der Waals surface area contributed by atoms with Crippen LogP contribution in [0.1, 0.15) is 44.2 Å². The fraction of sp³-hybridized carbons (Fsp3) is 0.625. The molecule has 1 nitrogen and oxygen atoms in total. The van der Waals surface area contributed by atoms with E-state index in [0.29, 0.717) is 6.04 Å². The Bertz CT molecular complexity index is 448. The van der Waals surface area contributed by atoms with Crippen molar-refractivity contribution < 1.29 is 4.39 Å². The maximum Gasteiger partial charge on any atom is 0.137 e. The molecule has 3 heteroatoms. The summed E-state index contributed by atoms with van der Waals surface area (Å²) < 4.78 is 13.8. The van der Waals surface area contributed by atoms with Crippen LogP contribution >= 0.6 is 11.8 Å². The van der Waals surface area contributed by atoms with Crippen molar-refractivity contribution in [2.75, 3.05) is 12.3 Å². The van der Waals surface area contributed by atoms with Crippen molar-refractivity contribution in [3.05, 3.63) is 29.6 Å². The highest BCUT2D eigenvalue weighted by molar-refractivity contribution is 7.99. The number of fused-ring (bicyclic) bond motifs is 1. The van der Waals surface area contributed by atoms with Crippen LogP contribution in [-0.2, 0) is 0 Å². The third-order valence-electron chi connectivity index (χ3n) is 4.69. The predicted octanol–water partition coefficient (Wildman–Crippen LogP) is 4.39. The van der Waals surface area contributed by atoms with E-state index >= 15 is 0 Å². The van der Waals surface area contributed by atoms with Gasteiger partial charge in [-0.3, -0.25) is 0 Å². The zero-order valence-corrected chi connectivity index (χ0v) is 12.3. The Balaban J connectivity index is 1.68. The average molecular weight is 279 g/mol. The number of nitrogens with one attached hydrogen (secondary N) is 1. The second-order valence-corrected chi connectivity index (χ2v) is 7.03. The Morgan fingerprint density at radius 2 is 2.21 bits per heavy atom. The van der Waals surface area contributed by atoms with Crippen molar-refractivity contribution in [3.8, 4) is 0 Å². The van der Waals surface area contributed by atoms with E-state index in [-0.39, 0.29) is 5.82 Å². The van der Waals surface area contributed by atoms with E-state index in [1.165, 1.54) is 24.8 Å². The van der Waals surface area contributed by atoms with Crippen molar-refractivity contribution in [2.45, 2.75) is 43.5 Å². The average Bonchev–Trinajstić information content (AvgIpc) is 2.82. The summed E-state index contributed by atoms with van der Waals surface area (Å²) in [5.41, 5.74) is 1.17. The molecule has 0 spiro atoms. The second-order valence-electron chi connectivity index (χ2n) is 5.92. The molecule has 3 atom stereocenters. The molecule has 3 rings (SSSR count). The van der Waals surface area contributed by atoms with Gasteiger partial charge in [-0.2, -0.15) is 0 Å². The number of halogens is 1. The predicted molar refractivity (Wildman–Crippen MR) is 79.0 cm³/mol. The molecule has 0 aromatic heterocycles. The van der Waals surface area contributed by atoms with Gasteiger partial charge in [0.1, 0.15) is 5.82 Å². The van der Waals surface area contributed by atoms with Gasteiger partial charge in [0.25, 0.3) is 0 Å². The maximum atomic E-state index is 13.8. The zero-order chi connectivity index (χ0) is 13.2. The molecule has 0 amide bonds. The molecule has 1 aliphatic carbocycles. The van der Waals surface area contributed by atoms with Crippen LogP contribution in [0.25, 0.3) is 0 Å². The molecule has 1 saturated carbocycles. The first-order chi connectivity index (χ1) is 9.25. The number of thioether (sulfide) groups is 1. The Hall–Kier alpha value is -0.540. The number of benzene rings is 1. The molecule has 0 bridgehead atoms. The fourth-order valence-electron chi connectivity index (χ4n) is 3.42. The van der Waals surface area contributed by atoms with E-state index in [0.717, 1.165) is 35.4 Å². The lowest BCUT2D eigenvalue weighted by atomic mass is 9.96. The summed E-state index contributed by atoms with van der Waals surface area (Å²) in [6.07, 6.45) is 5.21. The highest BCUT2D eigenvalue weighted by atomic mass is 32.2. The lowest BCUT2D eigenvalue weighted by molar-refractivity contribution is 0.362. The Morgan fingerprint density at radius 1 is 1.32 bits per heavy atom. The topological polar surface area (TPSA) is 12.0 Å². The monoisotopic (exact) mass is 279 g/mol. The summed E-state index contributed by atoms with van der Waals surface area (Å²) in [6, 6.07) is 5.85. The molecule has 3 unspecified atom stereocenters. The first-order valence-electron chi connectivity index (χ1n) is 7.40. The lowest BCUT2D eigenvalue weighted by Gasteiger charge is -2.28. The SMILES string of the molecule is CC1CCCC1CNC1CCSc2c(F)cccc21. The normalized spacial score (nSPS) is 30.3. The van der Waals surface area contributed by atoms with Gasteiger partial charge in [-0.15, -0.1) is 11.8 Å². The molecule has 19 heavy (non-hydrogen) atoms. The van der Waals surface area contributed by atoms with Gasteiger partial charge in [0.15, 0.2) is 0 Å². The summed E-state index contributed by atoms with van der Waals surface area (Å²) in [5, 5.41) is 3.70. The van der Waals surface area contributed by atoms with Crippen molar-refractivity contribution in [3.63, 3.8) is 0 Å². The van der Waals surface area contributed by atoms with Gasteiger partial charge in [0.05, 0.1) is 0 Å². The smallest absolute Gasteiger partial charge is 0.137 e. The minimum absolute atomic E-state index is 0.0526. The van der Waals surface area contributed by atoms with Crippen LogP contribution in [0.15, 0.2) is 23.1 Å². The number of rotatable bonds is 3. The zero-order valence-electron chi connectivity index (χ0n) is 11.5.